The van der Waals surface area contributed by atoms with Crippen molar-refractivity contribution in [2.45, 2.75) is 26.5 Å². The molecular formula is C17H19Cl2NO. The van der Waals surface area contributed by atoms with Gasteiger partial charge < -0.3 is 10.1 Å². The summed E-state index contributed by atoms with van der Waals surface area (Å²) in [4.78, 5) is 0. The van der Waals surface area contributed by atoms with Crippen molar-refractivity contribution in [2.24, 2.45) is 0 Å². The van der Waals surface area contributed by atoms with Gasteiger partial charge in [0.2, 0.25) is 0 Å². The van der Waals surface area contributed by atoms with Crippen LogP contribution in [0.2, 0.25) is 10.0 Å². The Morgan fingerprint density at radius 2 is 1.90 bits per heavy atom. The number of hydrogen-bond donors (Lipinski definition) is 1. The molecule has 0 saturated heterocycles. The highest BCUT2D eigenvalue weighted by Crippen LogP contribution is 2.27. The number of nitrogens with one attached hydrogen (secondary N) is 1. The van der Waals surface area contributed by atoms with Gasteiger partial charge >= 0.3 is 0 Å². The summed E-state index contributed by atoms with van der Waals surface area (Å²) >= 11 is 12.1. The fourth-order valence-corrected chi connectivity index (χ4v) is 2.64. The second-order valence-corrected chi connectivity index (χ2v) is 5.69. The first-order valence-electron chi connectivity index (χ1n) is 7.01. The van der Waals surface area contributed by atoms with Crippen molar-refractivity contribution in [1.29, 1.82) is 0 Å². The molecule has 1 atom stereocenters. The maximum absolute atomic E-state index is 6.17. The van der Waals surface area contributed by atoms with Gasteiger partial charge in [-0.3, -0.25) is 0 Å². The van der Waals surface area contributed by atoms with Crippen LogP contribution >= 0.6 is 23.2 Å². The SMILES string of the molecule is CCNC(C)c1ccccc1OCc1ccc(Cl)cc1Cl. The third kappa shape index (κ3) is 4.37. The summed E-state index contributed by atoms with van der Waals surface area (Å²) < 4.78 is 5.94. The highest BCUT2D eigenvalue weighted by atomic mass is 35.5. The van der Waals surface area contributed by atoms with Gasteiger partial charge in [0.05, 0.1) is 0 Å². The van der Waals surface area contributed by atoms with Gasteiger partial charge in [-0.25, -0.2) is 0 Å². The molecule has 1 unspecified atom stereocenters. The fourth-order valence-electron chi connectivity index (χ4n) is 2.18. The average molecular weight is 324 g/mol. The molecule has 0 aliphatic carbocycles. The second kappa shape index (κ2) is 7.69. The lowest BCUT2D eigenvalue weighted by Crippen LogP contribution is -2.18. The first-order valence-corrected chi connectivity index (χ1v) is 7.76. The highest BCUT2D eigenvalue weighted by Gasteiger charge is 2.11. The molecule has 2 aromatic carbocycles. The predicted molar refractivity (Wildman–Crippen MR) is 89.3 cm³/mol. The lowest BCUT2D eigenvalue weighted by Gasteiger charge is -2.18. The van der Waals surface area contributed by atoms with Crippen molar-refractivity contribution in [1.82, 2.24) is 5.32 Å². The molecule has 2 aromatic rings. The first-order chi connectivity index (χ1) is 10.1. The van der Waals surface area contributed by atoms with Crippen molar-refractivity contribution in [3.63, 3.8) is 0 Å². The zero-order valence-electron chi connectivity index (χ0n) is 12.2. The Kier molecular flexibility index (Phi) is 5.92. The summed E-state index contributed by atoms with van der Waals surface area (Å²) in [5, 5.41) is 4.65. The van der Waals surface area contributed by atoms with Crippen molar-refractivity contribution >= 4 is 23.2 Å². The van der Waals surface area contributed by atoms with Crippen LogP contribution in [0.4, 0.5) is 0 Å². The molecule has 2 nitrogen and oxygen atoms in total. The van der Waals surface area contributed by atoms with E-state index in [0.717, 1.165) is 23.4 Å². The number of ether oxygens (including phenoxy) is 1. The third-order valence-corrected chi connectivity index (χ3v) is 3.88. The number of hydrogen-bond acceptors (Lipinski definition) is 2. The summed E-state index contributed by atoms with van der Waals surface area (Å²) in [5.41, 5.74) is 2.07. The topological polar surface area (TPSA) is 21.3 Å². The number of benzene rings is 2. The molecule has 0 aromatic heterocycles. The van der Waals surface area contributed by atoms with Crippen molar-refractivity contribution in [3.05, 3.63) is 63.6 Å². The van der Waals surface area contributed by atoms with Crippen LogP contribution in [0, 0.1) is 0 Å². The molecule has 0 bridgehead atoms. The minimum Gasteiger partial charge on any atom is -0.489 e. The van der Waals surface area contributed by atoms with E-state index in [-0.39, 0.29) is 6.04 Å². The Balaban J connectivity index is 2.13. The van der Waals surface area contributed by atoms with Crippen LogP contribution in [0.15, 0.2) is 42.5 Å². The molecule has 2 rings (SSSR count). The van der Waals surface area contributed by atoms with Crippen molar-refractivity contribution in [2.75, 3.05) is 6.54 Å². The van der Waals surface area contributed by atoms with Crippen LogP contribution in [0.1, 0.15) is 31.0 Å². The Labute approximate surface area is 136 Å². The van der Waals surface area contributed by atoms with E-state index in [1.165, 1.54) is 0 Å². The molecule has 0 fully saturated rings. The monoisotopic (exact) mass is 323 g/mol. The van der Waals surface area contributed by atoms with E-state index in [9.17, 15) is 0 Å². The fraction of sp³-hybridized carbons (Fsp3) is 0.294. The van der Waals surface area contributed by atoms with E-state index in [4.69, 9.17) is 27.9 Å². The Bertz CT molecular complexity index is 601. The standard InChI is InChI=1S/C17H19Cl2NO/c1-3-20-12(2)15-6-4-5-7-17(15)21-11-13-8-9-14(18)10-16(13)19/h4-10,12,20H,3,11H2,1-2H3. The minimum absolute atomic E-state index is 0.242. The lowest BCUT2D eigenvalue weighted by atomic mass is 10.1. The normalized spacial score (nSPS) is 12.2. The summed E-state index contributed by atoms with van der Waals surface area (Å²) in [6.45, 7) is 5.55. The van der Waals surface area contributed by atoms with E-state index < -0.39 is 0 Å². The van der Waals surface area contributed by atoms with Crippen LogP contribution in [-0.4, -0.2) is 6.54 Å². The van der Waals surface area contributed by atoms with Gasteiger partial charge in [-0.1, -0.05) is 54.4 Å². The van der Waals surface area contributed by atoms with E-state index in [0.29, 0.717) is 16.7 Å². The highest BCUT2D eigenvalue weighted by molar-refractivity contribution is 6.35. The van der Waals surface area contributed by atoms with Gasteiger partial charge in [0, 0.05) is 27.2 Å². The molecule has 0 saturated carbocycles. The summed E-state index contributed by atoms with van der Waals surface area (Å²) in [7, 11) is 0. The van der Waals surface area contributed by atoms with Crippen LogP contribution in [0.3, 0.4) is 0 Å². The van der Waals surface area contributed by atoms with Crippen molar-refractivity contribution in [3.8, 4) is 5.75 Å². The van der Waals surface area contributed by atoms with Crippen LogP contribution in [0.25, 0.3) is 0 Å². The molecule has 0 amide bonds. The van der Waals surface area contributed by atoms with Crippen LogP contribution in [0.5, 0.6) is 5.75 Å². The molecule has 0 radical (unpaired) electrons. The summed E-state index contributed by atoms with van der Waals surface area (Å²) in [6, 6.07) is 13.7. The maximum Gasteiger partial charge on any atom is 0.124 e. The number of para-hydroxylation sites is 1. The molecule has 4 heteroatoms. The minimum atomic E-state index is 0.242. The zero-order chi connectivity index (χ0) is 15.2. The van der Waals surface area contributed by atoms with Gasteiger partial charge in [-0.2, -0.15) is 0 Å². The molecule has 0 heterocycles. The van der Waals surface area contributed by atoms with Gasteiger partial charge in [0.25, 0.3) is 0 Å². The quantitative estimate of drug-likeness (QED) is 0.784. The Morgan fingerprint density at radius 1 is 1.14 bits per heavy atom. The van der Waals surface area contributed by atoms with Gasteiger partial charge in [-0.05, 0) is 31.7 Å². The average Bonchev–Trinajstić information content (AvgIpc) is 2.47. The summed E-state index contributed by atoms with van der Waals surface area (Å²) in [6.07, 6.45) is 0. The maximum atomic E-state index is 6.17. The second-order valence-electron chi connectivity index (χ2n) is 4.84. The molecule has 0 aliphatic heterocycles. The Hall–Kier alpha value is -1.22. The zero-order valence-corrected chi connectivity index (χ0v) is 13.7. The van der Waals surface area contributed by atoms with Gasteiger partial charge in [0.1, 0.15) is 12.4 Å². The first kappa shape index (κ1) is 16.2. The molecule has 1 N–H and O–H groups in total. The third-order valence-electron chi connectivity index (χ3n) is 3.29. The Morgan fingerprint density at radius 3 is 2.62 bits per heavy atom. The molecule has 0 spiro atoms. The van der Waals surface area contributed by atoms with Crippen LogP contribution < -0.4 is 10.1 Å². The van der Waals surface area contributed by atoms with Crippen LogP contribution in [-0.2, 0) is 6.61 Å². The van der Waals surface area contributed by atoms with E-state index in [1.807, 2.05) is 30.3 Å². The lowest BCUT2D eigenvalue weighted by molar-refractivity contribution is 0.300. The largest absolute Gasteiger partial charge is 0.489 e. The number of halogens is 2. The summed E-state index contributed by atoms with van der Waals surface area (Å²) in [5.74, 6) is 0.872. The van der Waals surface area contributed by atoms with E-state index in [2.05, 4.69) is 25.2 Å². The smallest absolute Gasteiger partial charge is 0.124 e. The van der Waals surface area contributed by atoms with E-state index in [1.54, 1.807) is 6.07 Å². The van der Waals surface area contributed by atoms with Crippen molar-refractivity contribution < 1.29 is 4.74 Å². The van der Waals surface area contributed by atoms with Gasteiger partial charge in [0.15, 0.2) is 0 Å². The van der Waals surface area contributed by atoms with E-state index >= 15 is 0 Å². The molecule has 0 aliphatic rings. The predicted octanol–water partition coefficient (Wildman–Crippen LogP) is 5.24. The molecular weight excluding hydrogens is 305 g/mol. The molecule has 112 valence electrons. The number of rotatable bonds is 6. The van der Waals surface area contributed by atoms with Gasteiger partial charge in [-0.15, -0.1) is 0 Å². The molecule has 21 heavy (non-hydrogen) atoms.